The summed E-state index contributed by atoms with van der Waals surface area (Å²) in [6, 6.07) is 16.0. The van der Waals surface area contributed by atoms with Crippen molar-refractivity contribution in [2.24, 2.45) is 5.41 Å². The minimum absolute atomic E-state index is 0. The Bertz CT molecular complexity index is 3880. The maximum Gasteiger partial charge on any atom is 1.00 e. The molecule has 2 fully saturated rings. The smallest absolute Gasteiger partial charge is 0.756 e. The number of benzene rings is 2. The number of ether oxygens (including phenoxy) is 3. The molecule has 10 N–H and O–H groups in total. The van der Waals surface area contributed by atoms with Crippen molar-refractivity contribution >= 4 is 146 Å². The van der Waals surface area contributed by atoms with Gasteiger partial charge in [-0.2, -0.15) is 0 Å². The zero-order valence-electron chi connectivity index (χ0n) is 65.7. The average Bonchev–Trinajstić information content (AvgIpc) is 1.61. The summed E-state index contributed by atoms with van der Waals surface area (Å²) in [5.41, 5.74) is 8.71. The number of anilines is 1. The number of carbonyl (C=O) groups is 8. The first-order valence-corrected chi connectivity index (χ1v) is 45.4. The number of phosphoric ester groups is 3. The Morgan fingerprint density at radius 2 is 1.27 bits per heavy atom. The first kappa shape index (κ1) is 105. The number of unbranched alkanes of at least 4 members (excludes halogenated alkanes) is 1. The number of hydrogen-bond donors (Lipinski definition) is 9. The van der Waals surface area contributed by atoms with Crippen LogP contribution in [0.4, 0.5) is 5.82 Å². The van der Waals surface area contributed by atoms with Crippen molar-refractivity contribution < 1.29 is 173 Å². The summed E-state index contributed by atoms with van der Waals surface area (Å²) in [6.45, 7) is 1.08. The van der Waals surface area contributed by atoms with Gasteiger partial charge in [-0.3, -0.25) is 61.5 Å². The van der Waals surface area contributed by atoms with E-state index in [0.717, 1.165) is 77.1 Å². The normalized spacial score (nSPS) is 18.0. The standard InChI is InChI=1S/C72H107Cl4N10O24P3S.2Na/c1-72(2,45-107-113(102,103)110-112(100,101)106-44-57-65(109-111(97,98)99)64(93)71(108-57)86-47-83-63-67(77)81-46-82-68(63)86)66(94)69(95)80-35-28-60(90)79-36-42-114-58-43-62(92)85(70(58)96)37-7-11-54(87)29-39-105-41-40-104-38-8-13-56(88)55(84-61(91)15-6-10-49-18-22-51(23-19-49)53(26-32-75)27-33-76)12-3-4-34-78-59(89)14-5-9-48-16-20-50(21-17-48)52(24-30-73)25-31-74;;/h16-23,46-47,52-53,55,57-58,64-66,71,93-94H,3-15,24-45H2,1-2H3,(H,78,89)(H,79,90)(H,80,95)(H,84,91)(H,100,101)(H,102,103)(H2,77,81,82)(H2,97,98,99);;/q;2*+1/p-2/t55?,57-,58?,64+,65?,66+,71-;;/m1../s1. The van der Waals surface area contributed by atoms with Gasteiger partial charge in [-0.25, -0.2) is 23.8 Å². The number of aliphatic hydroxyl groups is 2. The van der Waals surface area contributed by atoms with Crippen molar-refractivity contribution in [2.75, 3.05) is 101 Å². The van der Waals surface area contributed by atoms with Crippen LogP contribution in [0.1, 0.15) is 170 Å². The predicted molar refractivity (Wildman–Crippen MR) is 422 cm³/mol. The maximum atomic E-state index is 13.6. The molecule has 2 saturated heterocycles. The molecule has 0 saturated carbocycles. The molecule has 4 heterocycles. The summed E-state index contributed by atoms with van der Waals surface area (Å²) in [4.78, 5) is 161. The summed E-state index contributed by atoms with van der Waals surface area (Å²) < 4.78 is 73.3. The number of nitrogen functional groups attached to an aromatic ring is 1. The van der Waals surface area contributed by atoms with Gasteiger partial charge in [0.1, 0.15) is 42.0 Å². The molecule has 0 spiro atoms. The number of aliphatic hydroxyl groups excluding tert-OH is 2. The number of nitrogens with one attached hydrogen (secondary N) is 4. The molecule has 2 aromatic heterocycles. The van der Waals surface area contributed by atoms with Crippen molar-refractivity contribution in [1.29, 1.82) is 0 Å². The fraction of sp³-hybridized carbons (Fsp3) is 0.653. The third-order valence-corrected chi connectivity index (χ3v) is 24.0. The number of alkyl halides is 4. The first-order valence-electron chi connectivity index (χ1n) is 37.8. The summed E-state index contributed by atoms with van der Waals surface area (Å²) in [6.07, 6.45) is 1.76. The number of carbonyl (C=O) groups excluding carboxylic acids is 8. The van der Waals surface area contributed by atoms with Crippen LogP contribution >= 0.6 is 81.6 Å². The second-order valence-corrected chi connectivity index (χ2v) is 35.1. The molecule has 34 nitrogen and oxygen atoms in total. The van der Waals surface area contributed by atoms with E-state index in [0.29, 0.717) is 87.3 Å². The Morgan fingerprint density at radius 3 is 1.87 bits per heavy atom. The number of amides is 6. The second kappa shape index (κ2) is 54.5. The Kier molecular flexibility index (Phi) is 49.4. The molecule has 4 aromatic rings. The van der Waals surface area contributed by atoms with E-state index < -0.39 is 108 Å². The van der Waals surface area contributed by atoms with E-state index in [4.69, 9.17) is 66.3 Å². The van der Waals surface area contributed by atoms with Gasteiger partial charge in [-0.1, -0.05) is 62.4 Å². The van der Waals surface area contributed by atoms with Crippen molar-refractivity contribution in [2.45, 2.75) is 196 Å². The molecule has 2 aromatic carbocycles. The Labute approximate surface area is 743 Å². The number of thioether (sulfide) groups is 1. The van der Waals surface area contributed by atoms with Gasteiger partial charge in [0.25, 0.3) is 15.6 Å². The quantitative estimate of drug-likeness (QED) is 0.00962. The number of aryl methyl sites for hydroxylation is 2. The summed E-state index contributed by atoms with van der Waals surface area (Å²) >= 11 is 25.3. The van der Waals surface area contributed by atoms with Crippen LogP contribution in [0.3, 0.4) is 0 Å². The van der Waals surface area contributed by atoms with E-state index in [2.05, 4.69) is 103 Å². The van der Waals surface area contributed by atoms with Crippen molar-refractivity contribution in [1.82, 2.24) is 45.7 Å². The number of phosphoric acid groups is 3. The summed E-state index contributed by atoms with van der Waals surface area (Å²) in [5, 5.41) is 31.9. The van der Waals surface area contributed by atoms with E-state index in [1.54, 1.807) is 0 Å². The van der Waals surface area contributed by atoms with Crippen LogP contribution in [-0.4, -0.2) is 222 Å². The van der Waals surface area contributed by atoms with Gasteiger partial charge < -0.3 is 80.0 Å². The average molecular weight is 1810 g/mol. The first-order chi connectivity index (χ1) is 54.3. The van der Waals surface area contributed by atoms with E-state index in [9.17, 15) is 81.8 Å². The molecule has 44 heteroatoms. The number of Topliss-reactive ketones (excluding diaryl/α,β-unsaturated/α-hetero) is 2. The van der Waals surface area contributed by atoms with E-state index in [1.807, 2.05) is 0 Å². The number of imidazole rings is 1. The number of halogens is 4. The predicted octanol–water partition coefficient (Wildman–Crippen LogP) is 0.631. The van der Waals surface area contributed by atoms with Gasteiger partial charge in [0, 0.05) is 112 Å². The molecule has 2 aliphatic rings. The van der Waals surface area contributed by atoms with Gasteiger partial charge in [0.15, 0.2) is 23.5 Å². The van der Waals surface area contributed by atoms with Crippen LogP contribution in [0, 0.1) is 5.41 Å². The maximum absolute atomic E-state index is 13.6. The largest absolute Gasteiger partial charge is 1.00 e. The van der Waals surface area contributed by atoms with Crippen LogP contribution in [0.2, 0.25) is 0 Å². The molecule has 0 bridgehead atoms. The van der Waals surface area contributed by atoms with E-state index >= 15 is 0 Å². The Balaban J connectivity index is 0.0000142. The minimum atomic E-state index is -5.96. The van der Waals surface area contributed by atoms with Crippen molar-refractivity contribution in [3.8, 4) is 0 Å². The molecule has 6 amide bonds. The van der Waals surface area contributed by atoms with Crippen molar-refractivity contribution in [3.63, 3.8) is 0 Å². The van der Waals surface area contributed by atoms with Gasteiger partial charge in [0.2, 0.25) is 35.4 Å². The van der Waals surface area contributed by atoms with E-state index in [1.165, 1.54) is 25.0 Å². The number of likely N-dealkylation sites (tertiary alicyclic amines) is 1. The summed E-state index contributed by atoms with van der Waals surface area (Å²) in [7, 11) is -17.3. The molecule has 116 heavy (non-hydrogen) atoms. The Hall–Kier alpha value is -3.17. The van der Waals surface area contributed by atoms with Crippen LogP contribution in [0.25, 0.3) is 11.2 Å². The van der Waals surface area contributed by atoms with Gasteiger partial charge in [0.05, 0.1) is 50.7 Å². The fourth-order valence-electron chi connectivity index (χ4n) is 12.6. The molecule has 9 atom stereocenters. The van der Waals surface area contributed by atoms with Crippen molar-refractivity contribution in [3.05, 3.63) is 83.4 Å². The van der Waals surface area contributed by atoms with Crippen LogP contribution in [-0.2, 0) is 97.0 Å². The molecule has 6 rings (SSSR count). The molecule has 0 radical (unpaired) electrons. The number of nitrogens with zero attached hydrogens (tertiary/aromatic N) is 5. The zero-order chi connectivity index (χ0) is 83.4. The molecule has 0 aliphatic carbocycles. The molecule has 638 valence electrons. The number of hydrogen-bond acceptors (Lipinski definition) is 27. The number of fused-ring (bicyclic) bond motifs is 1. The van der Waals surface area contributed by atoms with Gasteiger partial charge >= 0.3 is 66.9 Å². The fourth-order valence-corrected chi connectivity index (χ4v) is 17.4. The molecule has 5 unspecified atom stereocenters. The molecule has 2 aliphatic heterocycles. The Morgan fingerprint density at radius 1 is 0.690 bits per heavy atom. The number of aromatic nitrogens is 4. The monoisotopic (exact) mass is 1800 g/mol. The second-order valence-electron chi connectivity index (χ2n) is 28.1. The topological polar surface area (TPSA) is 500 Å². The van der Waals surface area contributed by atoms with Crippen LogP contribution < -0.4 is 95.9 Å². The number of ketones is 2. The minimum Gasteiger partial charge on any atom is -0.756 e. The molecular formula is C72H105Cl4N10Na2O24P3S. The SMILES string of the molecule is CC(C)(COP(=O)([O-])OP(=O)([O-])OC[C@H]1O[C@@H](n2cnc3c(N)ncnc32)[C@@H](O)C1OP(=O)(O)O)[C@@H](O)C(=O)NCCC(=O)NCCSC1CC(=O)N(CCCC(=O)CCOCCOCCCC(=O)C(CCCCNC(=O)CCCc2ccc(C(CCCl)CCCl)cc2)NC(=O)CCCc2ccc(C(CCCl)CCCl)cc2)C1=O.[Na+].[Na+]. The third-order valence-electron chi connectivity index (χ3n) is 18.9. The third kappa shape index (κ3) is 37.5. The van der Waals surface area contributed by atoms with E-state index in [-0.39, 0.29) is 202 Å². The number of rotatable bonds is 59. The molecular weight excluding hydrogens is 1700 g/mol. The van der Waals surface area contributed by atoms with Gasteiger partial charge in [-0.15, -0.1) is 58.2 Å². The number of nitrogens with two attached hydrogens (primary N) is 1. The summed E-state index contributed by atoms with van der Waals surface area (Å²) in [5.74, 6) is 0.0345. The number of imide groups is 1. The van der Waals surface area contributed by atoms with Crippen LogP contribution in [0.15, 0.2) is 61.2 Å². The zero-order valence-corrected chi connectivity index (χ0v) is 76.3. The van der Waals surface area contributed by atoms with Crippen LogP contribution in [0.5, 0.6) is 0 Å². The van der Waals surface area contributed by atoms with Gasteiger partial charge in [-0.05, 0) is 118 Å².